The first-order valence-electron chi connectivity index (χ1n) is 4.97. The molecule has 18 heavy (non-hydrogen) atoms. The van der Waals surface area contributed by atoms with E-state index in [-0.39, 0.29) is 11.6 Å². The van der Waals surface area contributed by atoms with Crippen LogP contribution < -0.4 is 5.76 Å². The Morgan fingerprint density at radius 1 is 1.39 bits per heavy atom. The molecule has 2 aromatic heterocycles. The molecule has 3 rings (SSSR count). The van der Waals surface area contributed by atoms with Crippen molar-refractivity contribution in [3.63, 3.8) is 0 Å². The number of fused-ring (bicyclic) bond motifs is 1. The van der Waals surface area contributed by atoms with Crippen LogP contribution in [0.2, 0.25) is 0 Å². The molecular formula is C10H6N4O4. The van der Waals surface area contributed by atoms with E-state index in [1.54, 1.807) is 12.1 Å². The number of non-ortho nitro benzene ring substituents is 1. The zero-order chi connectivity index (χ0) is 12.7. The molecule has 2 N–H and O–H groups in total. The van der Waals surface area contributed by atoms with Crippen molar-refractivity contribution in [3.8, 4) is 11.5 Å². The fourth-order valence-electron chi connectivity index (χ4n) is 1.83. The van der Waals surface area contributed by atoms with Gasteiger partial charge in [-0.1, -0.05) is 6.07 Å². The molecule has 8 heteroatoms. The fraction of sp³-hybridized carbons (Fsp3) is 0. The monoisotopic (exact) mass is 246 g/mol. The zero-order valence-corrected chi connectivity index (χ0v) is 8.84. The van der Waals surface area contributed by atoms with Gasteiger partial charge in [-0.3, -0.25) is 10.1 Å². The van der Waals surface area contributed by atoms with Gasteiger partial charge in [0.1, 0.15) is 0 Å². The van der Waals surface area contributed by atoms with Gasteiger partial charge in [-0.25, -0.2) is 9.89 Å². The largest absolute Gasteiger partial charge is 0.434 e. The molecule has 0 aliphatic carbocycles. The summed E-state index contributed by atoms with van der Waals surface area (Å²) in [4.78, 5) is 24.3. The number of hydrogen-bond acceptors (Lipinski definition) is 5. The minimum absolute atomic E-state index is 0.0144. The van der Waals surface area contributed by atoms with Gasteiger partial charge >= 0.3 is 5.76 Å². The molecule has 1 aromatic carbocycles. The maximum atomic E-state index is 11.0. The number of nitrogens with zero attached hydrogens (tertiary/aromatic N) is 2. The summed E-state index contributed by atoms with van der Waals surface area (Å²) in [5.41, 5.74) is 0.870. The second-order valence-corrected chi connectivity index (χ2v) is 3.58. The summed E-state index contributed by atoms with van der Waals surface area (Å²) in [6.45, 7) is 0. The molecule has 0 saturated heterocycles. The van der Waals surface area contributed by atoms with E-state index in [2.05, 4.69) is 15.2 Å². The summed E-state index contributed by atoms with van der Waals surface area (Å²) in [5, 5.41) is 17.1. The molecule has 3 aromatic rings. The maximum Gasteiger partial charge on any atom is 0.434 e. The van der Waals surface area contributed by atoms with Gasteiger partial charge in [0.05, 0.1) is 21.4 Å². The van der Waals surface area contributed by atoms with E-state index in [0.29, 0.717) is 16.5 Å². The second kappa shape index (κ2) is 3.55. The van der Waals surface area contributed by atoms with Gasteiger partial charge in [-0.15, -0.1) is 5.10 Å². The average molecular weight is 246 g/mol. The van der Waals surface area contributed by atoms with E-state index in [4.69, 9.17) is 4.42 Å². The van der Waals surface area contributed by atoms with E-state index in [1.165, 1.54) is 12.3 Å². The molecule has 0 spiro atoms. The van der Waals surface area contributed by atoms with E-state index >= 15 is 0 Å². The Bertz CT molecular complexity index is 797. The SMILES string of the molecule is O=c1[nH]nc(-c2c[nH]c3cccc([N+](=O)[O-])c23)o1. The highest BCUT2D eigenvalue weighted by Gasteiger charge is 2.20. The summed E-state index contributed by atoms with van der Waals surface area (Å²) in [6, 6.07) is 4.64. The third-order valence-electron chi connectivity index (χ3n) is 2.55. The average Bonchev–Trinajstić information content (AvgIpc) is 2.94. The molecule has 8 nitrogen and oxygen atoms in total. The summed E-state index contributed by atoms with van der Waals surface area (Å²) in [5.74, 6) is -0.696. The lowest BCUT2D eigenvalue weighted by molar-refractivity contribution is -0.383. The van der Waals surface area contributed by atoms with Crippen molar-refractivity contribution in [2.75, 3.05) is 0 Å². The van der Waals surface area contributed by atoms with Crippen LogP contribution >= 0.6 is 0 Å². The van der Waals surface area contributed by atoms with Crippen LogP contribution in [0.4, 0.5) is 5.69 Å². The van der Waals surface area contributed by atoms with E-state index < -0.39 is 10.7 Å². The van der Waals surface area contributed by atoms with Crippen LogP contribution in [0.1, 0.15) is 0 Å². The lowest BCUT2D eigenvalue weighted by Gasteiger charge is -1.95. The van der Waals surface area contributed by atoms with Gasteiger partial charge in [0.25, 0.3) is 11.6 Å². The first-order valence-corrected chi connectivity index (χ1v) is 4.97. The number of H-pyrrole nitrogens is 2. The van der Waals surface area contributed by atoms with Crippen LogP contribution in [0.15, 0.2) is 33.6 Å². The van der Waals surface area contributed by atoms with Gasteiger partial charge in [-0.05, 0) is 6.07 Å². The molecule has 0 fully saturated rings. The summed E-state index contributed by atoms with van der Waals surface area (Å²) >= 11 is 0. The van der Waals surface area contributed by atoms with Crippen molar-refractivity contribution in [3.05, 3.63) is 45.1 Å². The van der Waals surface area contributed by atoms with Crippen molar-refractivity contribution in [1.82, 2.24) is 15.2 Å². The van der Waals surface area contributed by atoms with E-state index in [9.17, 15) is 14.9 Å². The molecule has 0 aliphatic rings. The number of nitrogens with one attached hydrogen (secondary N) is 2. The molecule has 0 atom stereocenters. The number of nitro groups is 1. The Kier molecular flexibility index (Phi) is 2.03. The van der Waals surface area contributed by atoms with Crippen LogP contribution in [-0.2, 0) is 0 Å². The molecule has 0 amide bonds. The summed E-state index contributed by atoms with van der Waals surface area (Å²) in [6.07, 6.45) is 1.51. The Labute approximate surface area is 98.4 Å². The van der Waals surface area contributed by atoms with Crippen molar-refractivity contribution in [2.24, 2.45) is 0 Å². The second-order valence-electron chi connectivity index (χ2n) is 3.58. The van der Waals surface area contributed by atoms with Crippen LogP contribution in [0.3, 0.4) is 0 Å². The molecule has 0 bridgehead atoms. The van der Waals surface area contributed by atoms with Gasteiger partial charge < -0.3 is 9.40 Å². The lowest BCUT2D eigenvalue weighted by atomic mass is 10.1. The van der Waals surface area contributed by atoms with Gasteiger partial charge in [0, 0.05) is 12.3 Å². The Morgan fingerprint density at radius 2 is 2.22 bits per heavy atom. The minimum Gasteiger partial charge on any atom is -0.388 e. The third kappa shape index (κ3) is 1.39. The quantitative estimate of drug-likeness (QED) is 0.523. The summed E-state index contributed by atoms with van der Waals surface area (Å²) in [7, 11) is 0. The van der Waals surface area contributed by atoms with Gasteiger partial charge in [-0.2, -0.15) is 0 Å². The fourth-order valence-corrected chi connectivity index (χ4v) is 1.83. The number of rotatable bonds is 2. The van der Waals surface area contributed by atoms with Crippen LogP contribution in [0.5, 0.6) is 0 Å². The molecule has 0 saturated carbocycles. The normalized spacial score (nSPS) is 10.9. The minimum atomic E-state index is -0.710. The number of benzene rings is 1. The number of aromatic nitrogens is 3. The first kappa shape index (κ1) is 10.3. The highest BCUT2D eigenvalue weighted by molar-refractivity contribution is 6.00. The van der Waals surface area contributed by atoms with E-state index in [1.807, 2.05) is 0 Å². The molecular weight excluding hydrogens is 240 g/mol. The highest BCUT2D eigenvalue weighted by Crippen LogP contribution is 2.33. The van der Waals surface area contributed by atoms with Crippen molar-refractivity contribution in [1.29, 1.82) is 0 Å². The van der Waals surface area contributed by atoms with E-state index in [0.717, 1.165) is 0 Å². The standard InChI is InChI=1S/C10H6N4O4/c15-10-13-12-9(18-10)5-4-11-6-2-1-3-7(8(5)6)14(16)17/h1-4,11H,(H,13,15). The molecule has 0 unspecified atom stereocenters. The number of nitro benzene ring substituents is 1. The maximum absolute atomic E-state index is 11.0. The first-order chi connectivity index (χ1) is 8.66. The third-order valence-corrected chi connectivity index (χ3v) is 2.55. The van der Waals surface area contributed by atoms with Crippen molar-refractivity contribution < 1.29 is 9.34 Å². The topological polar surface area (TPSA) is 118 Å². The lowest BCUT2D eigenvalue weighted by Crippen LogP contribution is -1.93. The number of hydrogen-bond donors (Lipinski definition) is 2. The Balaban J connectivity index is 2.37. The molecule has 90 valence electrons. The van der Waals surface area contributed by atoms with Crippen LogP contribution in [0.25, 0.3) is 22.4 Å². The predicted octanol–water partition coefficient (Wildman–Crippen LogP) is 1.42. The van der Waals surface area contributed by atoms with Crippen LogP contribution in [0, 0.1) is 10.1 Å². The number of aromatic amines is 2. The Hall–Kier alpha value is -2.90. The van der Waals surface area contributed by atoms with Crippen molar-refractivity contribution in [2.45, 2.75) is 0 Å². The molecule has 0 aliphatic heterocycles. The van der Waals surface area contributed by atoms with Crippen molar-refractivity contribution >= 4 is 16.6 Å². The smallest absolute Gasteiger partial charge is 0.388 e. The molecule has 0 radical (unpaired) electrons. The zero-order valence-electron chi connectivity index (χ0n) is 8.84. The predicted molar refractivity (Wildman–Crippen MR) is 61.1 cm³/mol. The van der Waals surface area contributed by atoms with Gasteiger partial charge in [0.15, 0.2) is 0 Å². The Morgan fingerprint density at radius 3 is 2.89 bits per heavy atom. The highest BCUT2D eigenvalue weighted by atomic mass is 16.6. The summed E-state index contributed by atoms with van der Waals surface area (Å²) < 4.78 is 4.81. The van der Waals surface area contributed by atoms with Crippen LogP contribution in [-0.4, -0.2) is 20.1 Å². The molecule has 2 heterocycles. The van der Waals surface area contributed by atoms with Gasteiger partial charge in [0.2, 0.25) is 0 Å².